The number of halogens is 2. The van der Waals surface area contributed by atoms with Gasteiger partial charge in [0, 0.05) is 11.6 Å². The lowest BCUT2D eigenvalue weighted by molar-refractivity contribution is 0.475. The third-order valence-corrected chi connectivity index (χ3v) is 3.40. The van der Waals surface area contributed by atoms with E-state index in [1.54, 1.807) is 6.92 Å². The number of benzene rings is 1. The normalized spacial score (nSPS) is 25.5. The van der Waals surface area contributed by atoms with Gasteiger partial charge in [-0.3, -0.25) is 0 Å². The number of hydrogen-bond donors (Lipinski definition) is 1. The minimum absolute atomic E-state index is 0.149. The maximum Gasteiger partial charge on any atom is 0.130 e. The van der Waals surface area contributed by atoms with Gasteiger partial charge in [-0.1, -0.05) is 13.0 Å². The summed E-state index contributed by atoms with van der Waals surface area (Å²) in [7, 11) is 0. The van der Waals surface area contributed by atoms with Crippen molar-refractivity contribution in [2.75, 3.05) is 6.54 Å². The largest absolute Gasteiger partial charge is 0.310 e. The van der Waals surface area contributed by atoms with E-state index in [1.165, 1.54) is 24.6 Å². The minimum Gasteiger partial charge on any atom is -0.310 e. The van der Waals surface area contributed by atoms with Gasteiger partial charge in [0.05, 0.1) is 0 Å². The van der Waals surface area contributed by atoms with Gasteiger partial charge in [-0.25, -0.2) is 8.78 Å². The van der Waals surface area contributed by atoms with Crippen molar-refractivity contribution >= 4 is 0 Å². The Balaban J connectivity index is 1.99. The van der Waals surface area contributed by atoms with Crippen LogP contribution in [0.5, 0.6) is 0 Å². The predicted octanol–water partition coefficient (Wildman–Crippen LogP) is 3.27. The molecule has 0 spiro atoms. The van der Waals surface area contributed by atoms with Crippen LogP contribution in [0, 0.1) is 23.5 Å². The topological polar surface area (TPSA) is 12.0 Å². The lowest BCUT2D eigenvalue weighted by Crippen LogP contribution is -2.23. The summed E-state index contributed by atoms with van der Waals surface area (Å²) in [5.74, 6) is 0.496. The second kappa shape index (κ2) is 4.50. The van der Waals surface area contributed by atoms with Gasteiger partial charge in [-0.05, 0) is 43.9 Å². The van der Waals surface area contributed by atoms with E-state index in [4.69, 9.17) is 0 Å². The Labute approximate surface area is 94.9 Å². The van der Waals surface area contributed by atoms with Crippen LogP contribution in [0.2, 0.25) is 0 Å². The van der Waals surface area contributed by atoms with Crippen LogP contribution in [-0.2, 0) is 0 Å². The molecule has 2 rings (SSSR count). The van der Waals surface area contributed by atoms with Crippen molar-refractivity contribution in [1.29, 1.82) is 0 Å². The molecule has 1 aromatic carbocycles. The summed E-state index contributed by atoms with van der Waals surface area (Å²) in [5, 5.41) is 3.19. The first-order chi connectivity index (χ1) is 7.59. The molecule has 1 nitrogen and oxygen atoms in total. The molecule has 1 saturated carbocycles. The molecular formula is C13H17F2N. The summed E-state index contributed by atoms with van der Waals surface area (Å²) >= 11 is 0. The molecule has 0 aliphatic heterocycles. The van der Waals surface area contributed by atoms with Gasteiger partial charge >= 0.3 is 0 Å². The lowest BCUT2D eigenvalue weighted by Gasteiger charge is -2.15. The van der Waals surface area contributed by atoms with Gasteiger partial charge in [-0.2, -0.15) is 0 Å². The van der Waals surface area contributed by atoms with Crippen LogP contribution >= 0.6 is 0 Å². The Morgan fingerprint density at radius 2 is 1.94 bits per heavy atom. The summed E-state index contributed by atoms with van der Waals surface area (Å²) in [6, 6.07) is 3.73. The van der Waals surface area contributed by atoms with E-state index >= 15 is 0 Å². The Kier molecular flexibility index (Phi) is 3.24. The first-order valence-electron chi connectivity index (χ1n) is 5.77. The predicted molar refractivity (Wildman–Crippen MR) is 60.0 cm³/mol. The SMILES string of the molecule is CC(NCC1CC1C)c1c(F)cccc1F. The fraction of sp³-hybridized carbons (Fsp3) is 0.538. The van der Waals surface area contributed by atoms with Crippen LogP contribution in [0.1, 0.15) is 31.9 Å². The van der Waals surface area contributed by atoms with Gasteiger partial charge in [0.2, 0.25) is 0 Å². The zero-order valence-corrected chi connectivity index (χ0v) is 9.63. The summed E-state index contributed by atoms with van der Waals surface area (Å²) < 4.78 is 26.9. The van der Waals surface area contributed by atoms with E-state index in [2.05, 4.69) is 12.2 Å². The molecule has 3 heteroatoms. The molecule has 3 unspecified atom stereocenters. The second-order valence-corrected chi connectivity index (χ2v) is 4.74. The molecule has 0 amide bonds. The lowest BCUT2D eigenvalue weighted by atomic mass is 10.1. The molecule has 0 saturated heterocycles. The van der Waals surface area contributed by atoms with Crippen LogP contribution < -0.4 is 5.32 Å². The maximum absolute atomic E-state index is 13.4. The third-order valence-electron chi connectivity index (χ3n) is 3.40. The van der Waals surface area contributed by atoms with E-state index in [1.807, 2.05) is 0 Å². The molecule has 16 heavy (non-hydrogen) atoms. The number of nitrogens with one attached hydrogen (secondary N) is 1. The summed E-state index contributed by atoms with van der Waals surface area (Å²) in [5.41, 5.74) is 0.149. The Morgan fingerprint density at radius 1 is 1.38 bits per heavy atom. The van der Waals surface area contributed by atoms with Crippen molar-refractivity contribution in [3.8, 4) is 0 Å². The molecule has 88 valence electrons. The molecule has 0 aromatic heterocycles. The molecule has 1 aliphatic rings. The third kappa shape index (κ3) is 2.40. The summed E-state index contributed by atoms with van der Waals surface area (Å²) in [6.07, 6.45) is 1.22. The smallest absolute Gasteiger partial charge is 0.130 e. The zero-order chi connectivity index (χ0) is 11.7. The summed E-state index contributed by atoms with van der Waals surface area (Å²) in [4.78, 5) is 0. The fourth-order valence-corrected chi connectivity index (χ4v) is 2.04. The van der Waals surface area contributed by atoms with Gasteiger partial charge in [0.15, 0.2) is 0 Å². The first-order valence-corrected chi connectivity index (χ1v) is 5.77. The van der Waals surface area contributed by atoms with Crippen molar-refractivity contribution in [3.63, 3.8) is 0 Å². The highest BCUT2D eigenvalue weighted by Gasteiger charge is 2.32. The highest BCUT2D eigenvalue weighted by Crippen LogP contribution is 2.37. The van der Waals surface area contributed by atoms with Crippen LogP contribution in [0.4, 0.5) is 8.78 Å². The van der Waals surface area contributed by atoms with Gasteiger partial charge in [0.25, 0.3) is 0 Å². The van der Waals surface area contributed by atoms with E-state index in [0.29, 0.717) is 5.92 Å². The van der Waals surface area contributed by atoms with E-state index in [9.17, 15) is 8.78 Å². The van der Waals surface area contributed by atoms with E-state index in [-0.39, 0.29) is 11.6 Å². The monoisotopic (exact) mass is 225 g/mol. The van der Waals surface area contributed by atoms with Crippen LogP contribution in [0.25, 0.3) is 0 Å². The quantitative estimate of drug-likeness (QED) is 0.829. The molecule has 1 aromatic rings. The van der Waals surface area contributed by atoms with Crippen molar-refractivity contribution in [1.82, 2.24) is 5.32 Å². The maximum atomic E-state index is 13.4. The van der Waals surface area contributed by atoms with Crippen LogP contribution in [0.3, 0.4) is 0 Å². The van der Waals surface area contributed by atoms with Crippen LogP contribution in [-0.4, -0.2) is 6.54 Å². The van der Waals surface area contributed by atoms with Crippen molar-refractivity contribution in [2.45, 2.75) is 26.3 Å². The molecular weight excluding hydrogens is 208 g/mol. The van der Waals surface area contributed by atoms with E-state index < -0.39 is 11.6 Å². The molecule has 1 aliphatic carbocycles. The molecule has 0 heterocycles. The van der Waals surface area contributed by atoms with E-state index in [0.717, 1.165) is 12.5 Å². The number of rotatable bonds is 4. The highest BCUT2D eigenvalue weighted by molar-refractivity contribution is 5.22. The Hall–Kier alpha value is -0.960. The standard InChI is InChI=1S/C13H17F2N/c1-8-6-10(8)7-16-9(2)13-11(14)4-3-5-12(13)15/h3-5,8-10,16H,6-7H2,1-2H3. The van der Waals surface area contributed by atoms with Gasteiger partial charge in [-0.15, -0.1) is 0 Å². The molecule has 0 bridgehead atoms. The number of hydrogen-bond acceptors (Lipinski definition) is 1. The average molecular weight is 225 g/mol. The van der Waals surface area contributed by atoms with Gasteiger partial charge in [0.1, 0.15) is 11.6 Å². The molecule has 1 fully saturated rings. The average Bonchev–Trinajstić information content (AvgIpc) is 2.91. The van der Waals surface area contributed by atoms with Crippen molar-refractivity contribution in [2.24, 2.45) is 11.8 Å². The molecule has 0 radical (unpaired) electrons. The van der Waals surface area contributed by atoms with Crippen LogP contribution in [0.15, 0.2) is 18.2 Å². The zero-order valence-electron chi connectivity index (χ0n) is 9.63. The van der Waals surface area contributed by atoms with Gasteiger partial charge < -0.3 is 5.32 Å². The molecule has 1 N–H and O–H groups in total. The van der Waals surface area contributed by atoms with Crippen molar-refractivity contribution < 1.29 is 8.78 Å². The Bertz CT molecular complexity index is 358. The first kappa shape index (κ1) is 11.5. The second-order valence-electron chi connectivity index (χ2n) is 4.74. The summed E-state index contributed by atoms with van der Waals surface area (Å²) in [6.45, 7) is 4.84. The Morgan fingerprint density at radius 3 is 2.44 bits per heavy atom. The van der Waals surface area contributed by atoms with Crippen molar-refractivity contribution in [3.05, 3.63) is 35.4 Å². The molecule has 3 atom stereocenters. The minimum atomic E-state index is -0.469. The fourth-order valence-electron chi connectivity index (χ4n) is 2.04. The highest BCUT2D eigenvalue weighted by atomic mass is 19.1.